The standard InChI is InChI=1S/C22H19Br2NO3.C10H10F3N3O3/c1-22(2)17(12-19(23)24)20(22)21(26)28-18(13-25)14-7-6-10-16(11-14)27-15-8-4-3-5-9-15;1-16(19-2)9(18)15-8(17)6-5-14-4-3-7(6)10(11,12)13/h3-12,17-18,20H,1-2H3;3-5H,1-2H3,(H,15,17,18)/t17-,18+,20-;/m0./s1. The normalized spacial score (nSPS) is 16.6. The van der Waals surface area contributed by atoms with Gasteiger partial charge in [0.25, 0.3) is 5.91 Å². The number of aromatic nitrogens is 1. The molecule has 0 aliphatic heterocycles. The Labute approximate surface area is 285 Å². The number of urea groups is 1. The second-order valence-corrected chi connectivity index (χ2v) is 13.3. The number of halogens is 5. The van der Waals surface area contributed by atoms with Gasteiger partial charge in [-0.25, -0.2) is 9.86 Å². The van der Waals surface area contributed by atoms with Gasteiger partial charge in [0.2, 0.25) is 6.10 Å². The molecule has 47 heavy (non-hydrogen) atoms. The van der Waals surface area contributed by atoms with Crippen LogP contribution in [0.15, 0.2) is 82.5 Å². The molecule has 0 saturated heterocycles. The molecular formula is C32H29Br2F3N4O6. The quantitative estimate of drug-likeness (QED) is 0.180. The molecule has 0 spiro atoms. The van der Waals surface area contributed by atoms with Gasteiger partial charge in [-0.15, -0.1) is 0 Å². The Morgan fingerprint density at radius 3 is 2.34 bits per heavy atom. The molecule has 3 aromatic rings. The van der Waals surface area contributed by atoms with E-state index in [4.69, 9.17) is 9.47 Å². The first-order valence-electron chi connectivity index (χ1n) is 13.7. The Bertz CT molecular complexity index is 1660. The first-order chi connectivity index (χ1) is 22.1. The second kappa shape index (κ2) is 16.0. The van der Waals surface area contributed by atoms with Gasteiger partial charge >= 0.3 is 18.2 Å². The minimum absolute atomic E-state index is 0.0563. The van der Waals surface area contributed by atoms with E-state index < -0.39 is 35.3 Å². The van der Waals surface area contributed by atoms with Crippen LogP contribution in [-0.4, -0.2) is 42.1 Å². The van der Waals surface area contributed by atoms with Gasteiger partial charge in [0.05, 0.1) is 27.5 Å². The fourth-order valence-corrected chi connectivity index (χ4v) is 5.02. The summed E-state index contributed by atoms with van der Waals surface area (Å²) in [6, 6.07) is 18.1. The zero-order valence-electron chi connectivity index (χ0n) is 25.4. The number of hydrogen-bond donors (Lipinski definition) is 1. The summed E-state index contributed by atoms with van der Waals surface area (Å²) in [5.74, 6) is -0.531. The molecule has 248 valence electrons. The fraction of sp³-hybridized carbons (Fsp3) is 0.281. The number of allylic oxidation sites excluding steroid dienone is 1. The van der Waals surface area contributed by atoms with Crippen LogP contribution in [0.1, 0.15) is 41.4 Å². The number of pyridine rings is 1. The minimum Gasteiger partial charge on any atom is -0.457 e. The van der Waals surface area contributed by atoms with Crippen molar-refractivity contribution in [1.29, 1.82) is 5.26 Å². The Morgan fingerprint density at radius 1 is 1.09 bits per heavy atom. The average molecular weight is 782 g/mol. The highest BCUT2D eigenvalue weighted by Crippen LogP contribution is 2.60. The molecule has 10 nitrogen and oxygen atoms in total. The molecule has 0 radical (unpaired) electrons. The van der Waals surface area contributed by atoms with Crippen LogP contribution in [0.4, 0.5) is 18.0 Å². The van der Waals surface area contributed by atoms with Crippen LogP contribution in [0.2, 0.25) is 0 Å². The molecular weight excluding hydrogens is 753 g/mol. The van der Waals surface area contributed by atoms with Gasteiger partial charge in [0, 0.05) is 25.0 Å². The average Bonchev–Trinajstić information content (AvgIpc) is 3.57. The summed E-state index contributed by atoms with van der Waals surface area (Å²) < 4.78 is 50.1. The number of carbonyl (C=O) groups excluding carboxylic acids is 3. The number of nitriles is 1. The molecule has 2 aromatic carbocycles. The van der Waals surface area contributed by atoms with E-state index in [9.17, 15) is 32.8 Å². The van der Waals surface area contributed by atoms with E-state index in [1.54, 1.807) is 29.6 Å². The third kappa shape index (κ3) is 10.1. The number of ether oxygens (including phenoxy) is 2. The number of hydroxylamine groups is 2. The van der Waals surface area contributed by atoms with Crippen molar-refractivity contribution in [1.82, 2.24) is 15.4 Å². The third-order valence-corrected chi connectivity index (χ3v) is 7.64. The van der Waals surface area contributed by atoms with Gasteiger partial charge in [-0.05, 0) is 73.5 Å². The molecule has 1 N–H and O–H groups in total. The molecule has 3 amide bonds. The first kappa shape index (κ1) is 37.2. The maximum atomic E-state index is 12.7. The highest BCUT2D eigenvalue weighted by molar-refractivity contribution is 9.28. The predicted octanol–water partition coefficient (Wildman–Crippen LogP) is 7.93. The van der Waals surface area contributed by atoms with E-state index in [1.807, 2.05) is 50.3 Å². The number of rotatable bonds is 8. The second-order valence-electron chi connectivity index (χ2n) is 10.6. The SMILES string of the molecule is CC1(C)[C@H](C(=O)O[C@H](C#N)c2cccc(Oc3ccccc3)c2)[C@@H]1C=C(Br)Br.CON(C)C(=O)NC(=O)c1cnccc1C(F)(F)F. The molecule has 1 saturated carbocycles. The van der Waals surface area contributed by atoms with Gasteiger partial charge in [0.15, 0.2) is 0 Å². The van der Waals surface area contributed by atoms with Crippen molar-refractivity contribution in [2.45, 2.75) is 26.1 Å². The largest absolute Gasteiger partial charge is 0.457 e. The Balaban J connectivity index is 0.000000277. The predicted molar refractivity (Wildman–Crippen MR) is 171 cm³/mol. The summed E-state index contributed by atoms with van der Waals surface area (Å²) >= 11 is 6.68. The van der Waals surface area contributed by atoms with Crippen LogP contribution < -0.4 is 10.1 Å². The monoisotopic (exact) mass is 780 g/mol. The van der Waals surface area contributed by atoms with Crippen LogP contribution >= 0.6 is 31.9 Å². The number of para-hydroxylation sites is 1. The molecule has 1 aromatic heterocycles. The Morgan fingerprint density at radius 2 is 1.74 bits per heavy atom. The molecule has 1 aliphatic rings. The smallest absolute Gasteiger partial charge is 0.417 e. The lowest BCUT2D eigenvalue weighted by atomic mass is 10.1. The highest BCUT2D eigenvalue weighted by atomic mass is 79.9. The molecule has 15 heteroatoms. The summed E-state index contributed by atoms with van der Waals surface area (Å²) in [6.45, 7) is 4.03. The topological polar surface area (TPSA) is 131 Å². The summed E-state index contributed by atoms with van der Waals surface area (Å²) in [7, 11) is 2.35. The lowest BCUT2D eigenvalue weighted by molar-refractivity contribution is -0.149. The van der Waals surface area contributed by atoms with Crippen LogP contribution in [0.3, 0.4) is 0 Å². The molecule has 1 heterocycles. The van der Waals surface area contributed by atoms with E-state index in [0.29, 0.717) is 28.2 Å². The van der Waals surface area contributed by atoms with Crippen molar-refractivity contribution < 1.29 is 41.9 Å². The molecule has 0 unspecified atom stereocenters. The zero-order valence-corrected chi connectivity index (χ0v) is 28.6. The maximum absolute atomic E-state index is 12.7. The van der Waals surface area contributed by atoms with Crippen molar-refractivity contribution in [2.24, 2.45) is 17.3 Å². The van der Waals surface area contributed by atoms with Crippen LogP contribution in [0.5, 0.6) is 11.5 Å². The van der Waals surface area contributed by atoms with Crippen molar-refractivity contribution in [3.8, 4) is 17.6 Å². The summed E-state index contributed by atoms with van der Waals surface area (Å²) in [4.78, 5) is 43.5. The minimum atomic E-state index is -4.72. The van der Waals surface area contributed by atoms with Crippen molar-refractivity contribution >= 4 is 49.8 Å². The number of benzene rings is 2. The Hall–Kier alpha value is -4.26. The number of hydrogen-bond acceptors (Lipinski definition) is 8. The molecule has 0 bridgehead atoms. The van der Waals surface area contributed by atoms with E-state index in [0.717, 1.165) is 22.9 Å². The van der Waals surface area contributed by atoms with E-state index in [-0.39, 0.29) is 23.2 Å². The number of esters is 1. The van der Waals surface area contributed by atoms with Gasteiger partial charge in [0.1, 0.15) is 17.6 Å². The summed E-state index contributed by atoms with van der Waals surface area (Å²) in [5.41, 5.74) is -1.54. The number of amides is 3. The van der Waals surface area contributed by atoms with Crippen molar-refractivity contribution in [2.75, 3.05) is 14.2 Å². The number of carbonyl (C=O) groups is 3. The third-order valence-electron chi connectivity index (χ3n) is 7.11. The van der Waals surface area contributed by atoms with E-state index >= 15 is 0 Å². The maximum Gasteiger partial charge on any atom is 0.417 e. The lowest BCUT2D eigenvalue weighted by Crippen LogP contribution is -2.40. The molecule has 1 fully saturated rings. The number of nitrogens with zero attached hydrogens (tertiary/aromatic N) is 3. The highest BCUT2D eigenvalue weighted by Gasteiger charge is 2.61. The molecule has 3 atom stereocenters. The van der Waals surface area contributed by atoms with Crippen LogP contribution in [0.25, 0.3) is 0 Å². The van der Waals surface area contributed by atoms with Gasteiger partial charge < -0.3 is 9.47 Å². The first-order valence-corrected chi connectivity index (χ1v) is 15.3. The zero-order chi connectivity index (χ0) is 34.9. The van der Waals surface area contributed by atoms with Gasteiger partial charge in [-0.3, -0.25) is 24.7 Å². The lowest BCUT2D eigenvalue weighted by Gasteiger charge is -2.15. The number of nitrogens with one attached hydrogen (secondary N) is 1. The Kier molecular flexibility index (Phi) is 12.7. The van der Waals surface area contributed by atoms with Gasteiger partial charge in [-0.1, -0.05) is 50.3 Å². The fourth-order valence-electron chi connectivity index (χ4n) is 4.45. The van der Waals surface area contributed by atoms with E-state index in [1.165, 1.54) is 7.05 Å². The molecule has 4 rings (SSSR count). The molecule has 1 aliphatic carbocycles. The van der Waals surface area contributed by atoms with Gasteiger partial charge in [-0.2, -0.15) is 18.4 Å². The number of alkyl halides is 3. The van der Waals surface area contributed by atoms with Crippen LogP contribution in [0, 0.1) is 28.6 Å². The number of imide groups is 1. The van der Waals surface area contributed by atoms with Crippen molar-refractivity contribution in [3.63, 3.8) is 0 Å². The van der Waals surface area contributed by atoms with Crippen molar-refractivity contribution in [3.05, 3.63) is 99.2 Å². The summed E-state index contributed by atoms with van der Waals surface area (Å²) in [6.07, 6.45) is -2.12. The van der Waals surface area contributed by atoms with Crippen LogP contribution in [-0.2, 0) is 20.5 Å². The summed E-state index contributed by atoms with van der Waals surface area (Å²) in [5, 5.41) is 12.0. The van der Waals surface area contributed by atoms with E-state index in [2.05, 4.69) is 47.8 Å².